The highest BCUT2D eigenvalue weighted by Gasteiger charge is 2.21. The van der Waals surface area contributed by atoms with Gasteiger partial charge in [-0.2, -0.15) is 0 Å². The van der Waals surface area contributed by atoms with Crippen LogP contribution >= 0.6 is 0 Å². The van der Waals surface area contributed by atoms with Crippen LogP contribution in [0.3, 0.4) is 0 Å². The van der Waals surface area contributed by atoms with Crippen LogP contribution in [0.15, 0.2) is 30.4 Å². The molecule has 0 saturated heterocycles. The Morgan fingerprint density at radius 1 is 1.28 bits per heavy atom. The van der Waals surface area contributed by atoms with Crippen molar-refractivity contribution < 1.29 is 4.79 Å². The van der Waals surface area contributed by atoms with Gasteiger partial charge in [-0.25, -0.2) is 0 Å². The smallest absolute Gasteiger partial charge is 0.228 e. The van der Waals surface area contributed by atoms with E-state index in [9.17, 15) is 4.79 Å². The number of fused-ring (bicyclic) bond motifs is 1. The number of rotatable bonds is 2. The minimum Gasteiger partial charge on any atom is -0.326 e. The Bertz CT molecular complexity index is 485. The van der Waals surface area contributed by atoms with E-state index in [2.05, 4.69) is 28.9 Å². The number of carbonyl (C=O) groups excluding carboxylic acids is 1. The first-order valence-corrected chi connectivity index (χ1v) is 6.62. The first kappa shape index (κ1) is 11.5. The Kier molecular flexibility index (Phi) is 3.15. The van der Waals surface area contributed by atoms with Crippen molar-refractivity contribution in [2.45, 2.75) is 25.8 Å². The topological polar surface area (TPSA) is 41.1 Å². The zero-order valence-electron chi connectivity index (χ0n) is 10.4. The summed E-state index contributed by atoms with van der Waals surface area (Å²) < 4.78 is 0. The summed E-state index contributed by atoms with van der Waals surface area (Å²) >= 11 is 0. The highest BCUT2D eigenvalue weighted by Crippen LogP contribution is 2.25. The molecule has 0 fully saturated rings. The van der Waals surface area contributed by atoms with Crippen molar-refractivity contribution in [1.29, 1.82) is 0 Å². The normalized spacial score (nSPS) is 18.7. The fraction of sp³-hybridized carbons (Fsp3) is 0.400. The van der Waals surface area contributed by atoms with Gasteiger partial charge in [0, 0.05) is 18.2 Å². The van der Waals surface area contributed by atoms with Crippen LogP contribution in [0.4, 0.5) is 5.69 Å². The zero-order chi connectivity index (χ0) is 12.4. The minimum atomic E-state index is 0.123. The van der Waals surface area contributed by atoms with Gasteiger partial charge in [-0.1, -0.05) is 24.3 Å². The summed E-state index contributed by atoms with van der Waals surface area (Å²) in [5, 5.41) is 6.45. The molecule has 0 aromatic heterocycles. The molecule has 1 aliphatic carbocycles. The number of anilines is 1. The monoisotopic (exact) mass is 242 g/mol. The lowest BCUT2D eigenvalue weighted by molar-refractivity contribution is -0.119. The van der Waals surface area contributed by atoms with Gasteiger partial charge in [0.25, 0.3) is 0 Å². The molecule has 3 rings (SSSR count). The van der Waals surface area contributed by atoms with E-state index in [0.29, 0.717) is 0 Å². The average molecular weight is 242 g/mol. The Labute approximate surface area is 107 Å². The predicted octanol–water partition coefficient (Wildman–Crippen LogP) is 2.24. The maximum atomic E-state index is 12.1. The number of hydrogen-bond donors (Lipinski definition) is 2. The van der Waals surface area contributed by atoms with E-state index >= 15 is 0 Å². The van der Waals surface area contributed by atoms with Gasteiger partial charge in [0.2, 0.25) is 5.91 Å². The van der Waals surface area contributed by atoms with Crippen molar-refractivity contribution in [2.75, 3.05) is 11.9 Å². The summed E-state index contributed by atoms with van der Waals surface area (Å²) in [4.78, 5) is 12.1. The molecule has 1 amide bonds. The van der Waals surface area contributed by atoms with E-state index in [4.69, 9.17) is 0 Å². The van der Waals surface area contributed by atoms with Crippen LogP contribution in [0.2, 0.25) is 0 Å². The molecule has 0 bridgehead atoms. The molecule has 0 atom stereocenters. The van der Waals surface area contributed by atoms with E-state index in [0.717, 1.165) is 38.0 Å². The van der Waals surface area contributed by atoms with Crippen LogP contribution in [0.1, 0.15) is 24.0 Å². The quantitative estimate of drug-likeness (QED) is 0.781. The van der Waals surface area contributed by atoms with E-state index in [1.54, 1.807) is 0 Å². The van der Waals surface area contributed by atoms with Crippen LogP contribution in [0, 0.1) is 5.92 Å². The van der Waals surface area contributed by atoms with E-state index < -0.39 is 0 Å². The fourth-order valence-corrected chi connectivity index (χ4v) is 2.70. The molecule has 3 heteroatoms. The number of benzene rings is 1. The number of hydrogen-bond acceptors (Lipinski definition) is 2. The summed E-state index contributed by atoms with van der Waals surface area (Å²) in [6.07, 6.45) is 6.97. The SMILES string of the molecule is O=C(Nc1cccc2c1CNCC2)C1CC=CC1. The van der Waals surface area contributed by atoms with E-state index in [1.807, 2.05) is 12.1 Å². The number of carbonyl (C=O) groups is 1. The molecular weight excluding hydrogens is 224 g/mol. The molecule has 0 unspecified atom stereocenters. The van der Waals surface area contributed by atoms with Crippen LogP contribution in [0.25, 0.3) is 0 Å². The second-order valence-corrected chi connectivity index (χ2v) is 5.00. The molecule has 3 nitrogen and oxygen atoms in total. The summed E-state index contributed by atoms with van der Waals surface area (Å²) in [6, 6.07) is 6.20. The molecule has 0 spiro atoms. The molecule has 2 aliphatic rings. The number of nitrogens with one attached hydrogen (secondary N) is 2. The van der Waals surface area contributed by atoms with Crippen molar-refractivity contribution in [1.82, 2.24) is 5.32 Å². The molecule has 18 heavy (non-hydrogen) atoms. The molecular formula is C15H18N2O. The third-order valence-corrected chi connectivity index (χ3v) is 3.78. The predicted molar refractivity (Wildman–Crippen MR) is 72.3 cm³/mol. The Morgan fingerprint density at radius 3 is 2.94 bits per heavy atom. The van der Waals surface area contributed by atoms with Gasteiger partial charge in [-0.3, -0.25) is 4.79 Å². The average Bonchev–Trinajstić information content (AvgIpc) is 2.93. The van der Waals surface area contributed by atoms with Crippen LogP contribution in [-0.2, 0) is 17.8 Å². The highest BCUT2D eigenvalue weighted by molar-refractivity contribution is 5.94. The lowest BCUT2D eigenvalue weighted by Crippen LogP contribution is -2.27. The van der Waals surface area contributed by atoms with Gasteiger partial charge in [0.1, 0.15) is 0 Å². The van der Waals surface area contributed by atoms with Gasteiger partial charge >= 0.3 is 0 Å². The van der Waals surface area contributed by atoms with Crippen molar-refractivity contribution in [2.24, 2.45) is 5.92 Å². The largest absolute Gasteiger partial charge is 0.326 e. The molecule has 2 N–H and O–H groups in total. The fourth-order valence-electron chi connectivity index (χ4n) is 2.70. The number of allylic oxidation sites excluding steroid dienone is 2. The van der Waals surface area contributed by atoms with Crippen LogP contribution < -0.4 is 10.6 Å². The summed E-state index contributed by atoms with van der Waals surface area (Å²) in [7, 11) is 0. The Morgan fingerprint density at radius 2 is 2.11 bits per heavy atom. The minimum absolute atomic E-state index is 0.123. The zero-order valence-corrected chi connectivity index (χ0v) is 10.4. The number of amides is 1. The van der Waals surface area contributed by atoms with Crippen LogP contribution in [0.5, 0.6) is 0 Å². The Balaban J connectivity index is 1.78. The summed E-state index contributed by atoms with van der Waals surface area (Å²) in [5.74, 6) is 0.274. The van der Waals surface area contributed by atoms with Crippen LogP contribution in [-0.4, -0.2) is 12.5 Å². The van der Waals surface area contributed by atoms with E-state index in [1.165, 1.54) is 11.1 Å². The molecule has 0 radical (unpaired) electrons. The second-order valence-electron chi connectivity index (χ2n) is 5.00. The van der Waals surface area contributed by atoms with Crippen molar-refractivity contribution in [3.8, 4) is 0 Å². The lowest BCUT2D eigenvalue weighted by atomic mass is 9.98. The first-order chi connectivity index (χ1) is 8.84. The Hall–Kier alpha value is -1.61. The highest BCUT2D eigenvalue weighted by atomic mass is 16.1. The molecule has 94 valence electrons. The maximum Gasteiger partial charge on any atom is 0.228 e. The molecule has 0 saturated carbocycles. The van der Waals surface area contributed by atoms with Gasteiger partial charge in [0.15, 0.2) is 0 Å². The van der Waals surface area contributed by atoms with Crippen molar-refractivity contribution in [3.05, 3.63) is 41.5 Å². The maximum absolute atomic E-state index is 12.1. The summed E-state index contributed by atoms with van der Waals surface area (Å²) in [6.45, 7) is 1.88. The standard InChI is InChI=1S/C15H18N2O/c18-15(12-4-1-2-5-12)17-14-7-3-6-11-8-9-16-10-13(11)14/h1-3,6-7,12,16H,4-5,8-10H2,(H,17,18). The molecule has 1 aliphatic heterocycles. The third kappa shape index (κ3) is 2.18. The first-order valence-electron chi connectivity index (χ1n) is 6.62. The van der Waals surface area contributed by atoms with Crippen molar-refractivity contribution in [3.63, 3.8) is 0 Å². The van der Waals surface area contributed by atoms with Gasteiger partial charge < -0.3 is 10.6 Å². The summed E-state index contributed by atoms with van der Waals surface area (Å²) in [5.41, 5.74) is 3.59. The second kappa shape index (κ2) is 4.94. The molecule has 1 aromatic carbocycles. The molecule has 1 heterocycles. The van der Waals surface area contributed by atoms with E-state index in [-0.39, 0.29) is 11.8 Å². The van der Waals surface area contributed by atoms with Gasteiger partial charge in [-0.15, -0.1) is 0 Å². The van der Waals surface area contributed by atoms with Gasteiger partial charge in [-0.05, 0) is 43.0 Å². The van der Waals surface area contributed by atoms with Crippen molar-refractivity contribution >= 4 is 11.6 Å². The lowest BCUT2D eigenvalue weighted by Gasteiger charge is -2.21. The third-order valence-electron chi connectivity index (χ3n) is 3.78. The molecule has 1 aromatic rings. The van der Waals surface area contributed by atoms with Gasteiger partial charge in [0.05, 0.1) is 0 Å².